The fourth-order valence-electron chi connectivity index (χ4n) is 3.74. The van der Waals surface area contributed by atoms with Gasteiger partial charge in [-0.1, -0.05) is 12.5 Å². The van der Waals surface area contributed by atoms with Gasteiger partial charge in [-0.15, -0.1) is 0 Å². The molecule has 1 aromatic rings. The summed E-state index contributed by atoms with van der Waals surface area (Å²) in [5, 5.41) is 3.84. The molecule has 2 saturated carbocycles. The maximum absolute atomic E-state index is 12.2. The fourth-order valence-corrected chi connectivity index (χ4v) is 3.94. The van der Waals surface area contributed by atoms with Gasteiger partial charge < -0.3 is 10.2 Å². The average molecular weight is 332 g/mol. The molecule has 0 radical (unpaired) electrons. The molecule has 0 saturated heterocycles. The van der Waals surface area contributed by atoms with Gasteiger partial charge in [0.1, 0.15) is 0 Å². The van der Waals surface area contributed by atoms with Crippen LogP contribution in [0.2, 0.25) is 0 Å². The molecule has 3 atom stereocenters. The van der Waals surface area contributed by atoms with Gasteiger partial charge in [0, 0.05) is 31.4 Å². The molecule has 1 amide bonds. The van der Waals surface area contributed by atoms with Gasteiger partial charge in [0.25, 0.3) is 5.91 Å². The standard InChI is InChI=1S/C17H24N4OS/c1-21(2)14-5-3-4-13(10-14)16(22)19-20-17(23)18-15-9-11-6-7-12(15)8-11/h3-5,10-12,15H,6-9H2,1-2H3,(H,19,22)(H2,18,20,23)/t11-,12-,15+/m1/s1. The second-order valence-electron chi connectivity index (χ2n) is 6.78. The number of nitrogens with one attached hydrogen (secondary N) is 3. The number of hydrazine groups is 1. The first-order valence-electron chi connectivity index (χ1n) is 8.17. The molecular formula is C17H24N4OS. The van der Waals surface area contributed by atoms with Crippen LogP contribution in [-0.2, 0) is 0 Å². The predicted octanol–water partition coefficient (Wildman–Crippen LogP) is 2.05. The molecule has 6 heteroatoms. The highest BCUT2D eigenvalue weighted by Gasteiger charge is 2.39. The Balaban J connectivity index is 1.48. The van der Waals surface area contributed by atoms with E-state index in [1.54, 1.807) is 6.07 Å². The lowest BCUT2D eigenvalue weighted by atomic mass is 9.96. The molecule has 0 aromatic heterocycles. The van der Waals surface area contributed by atoms with Crippen molar-refractivity contribution in [3.63, 3.8) is 0 Å². The molecule has 3 rings (SSSR count). The van der Waals surface area contributed by atoms with Crippen molar-refractivity contribution in [3.8, 4) is 0 Å². The van der Waals surface area contributed by atoms with Crippen molar-refractivity contribution in [2.75, 3.05) is 19.0 Å². The first-order valence-corrected chi connectivity index (χ1v) is 8.58. The van der Waals surface area contributed by atoms with Crippen molar-refractivity contribution in [2.24, 2.45) is 11.8 Å². The van der Waals surface area contributed by atoms with Crippen molar-refractivity contribution in [1.82, 2.24) is 16.2 Å². The van der Waals surface area contributed by atoms with E-state index < -0.39 is 0 Å². The van der Waals surface area contributed by atoms with Crippen molar-refractivity contribution in [3.05, 3.63) is 29.8 Å². The zero-order valence-corrected chi connectivity index (χ0v) is 14.5. The largest absolute Gasteiger partial charge is 0.378 e. The minimum absolute atomic E-state index is 0.189. The topological polar surface area (TPSA) is 56.4 Å². The summed E-state index contributed by atoms with van der Waals surface area (Å²) in [6.07, 6.45) is 5.19. The van der Waals surface area contributed by atoms with Gasteiger partial charge in [-0.3, -0.25) is 15.6 Å². The molecular weight excluding hydrogens is 308 g/mol. The van der Waals surface area contributed by atoms with E-state index in [-0.39, 0.29) is 5.91 Å². The zero-order valence-electron chi connectivity index (χ0n) is 13.6. The molecule has 1 aromatic carbocycles. The highest BCUT2D eigenvalue weighted by atomic mass is 32.1. The Morgan fingerprint density at radius 3 is 2.70 bits per heavy atom. The molecule has 2 fully saturated rings. The Morgan fingerprint density at radius 2 is 2.04 bits per heavy atom. The van der Waals surface area contributed by atoms with Gasteiger partial charge in [-0.25, -0.2) is 0 Å². The van der Waals surface area contributed by atoms with E-state index in [0.29, 0.717) is 16.7 Å². The Kier molecular flexibility index (Phi) is 4.71. The molecule has 5 nitrogen and oxygen atoms in total. The monoisotopic (exact) mass is 332 g/mol. The number of benzene rings is 1. The highest BCUT2D eigenvalue weighted by molar-refractivity contribution is 7.80. The van der Waals surface area contributed by atoms with Crippen molar-refractivity contribution in [2.45, 2.75) is 31.7 Å². The van der Waals surface area contributed by atoms with E-state index in [1.165, 1.54) is 25.7 Å². The zero-order chi connectivity index (χ0) is 16.4. The van der Waals surface area contributed by atoms with Gasteiger partial charge in [0.2, 0.25) is 0 Å². The minimum atomic E-state index is -0.189. The summed E-state index contributed by atoms with van der Waals surface area (Å²) in [7, 11) is 3.90. The molecule has 124 valence electrons. The van der Waals surface area contributed by atoms with Crippen LogP contribution in [0.4, 0.5) is 5.69 Å². The molecule has 0 spiro atoms. The van der Waals surface area contributed by atoms with Crippen LogP contribution in [0.1, 0.15) is 36.0 Å². The maximum atomic E-state index is 12.2. The molecule has 2 aliphatic carbocycles. The van der Waals surface area contributed by atoms with Gasteiger partial charge in [0.15, 0.2) is 5.11 Å². The van der Waals surface area contributed by atoms with Crippen LogP contribution in [0.15, 0.2) is 24.3 Å². The summed E-state index contributed by atoms with van der Waals surface area (Å²) >= 11 is 5.30. The minimum Gasteiger partial charge on any atom is -0.378 e. The Morgan fingerprint density at radius 1 is 1.22 bits per heavy atom. The predicted molar refractivity (Wildman–Crippen MR) is 96.3 cm³/mol. The summed E-state index contributed by atoms with van der Waals surface area (Å²) in [6.45, 7) is 0. The molecule has 0 heterocycles. The van der Waals surface area contributed by atoms with E-state index in [4.69, 9.17) is 12.2 Å². The molecule has 0 unspecified atom stereocenters. The number of nitrogens with zero attached hydrogens (tertiary/aromatic N) is 1. The number of amides is 1. The normalized spacial score (nSPS) is 25.0. The molecule has 2 bridgehead atoms. The number of hydrogen-bond acceptors (Lipinski definition) is 3. The fraction of sp³-hybridized carbons (Fsp3) is 0.529. The Hall–Kier alpha value is -1.82. The number of rotatable bonds is 3. The highest BCUT2D eigenvalue weighted by Crippen LogP contribution is 2.44. The molecule has 23 heavy (non-hydrogen) atoms. The summed E-state index contributed by atoms with van der Waals surface area (Å²) in [6, 6.07) is 7.93. The third kappa shape index (κ3) is 3.75. The lowest BCUT2D eigenvalue weighted by molar-refractivity contribution is 0.0943. The average Bonchev–Trinajstić information content (AvgIpc) is 3.15. The van der Waals surface area contributed by atoms with Crippen LogP contribution >= 0.6 is 12.2 Å². The summed E-state index contributed by atoms with van der Waals surface area (Å²) in [4.78, 5) is 14.2. The third-order valence-corrected chi connectivity index (χ3v) is 5.19. The van der Waals surface area contributed by atoms with E-state index >= 15 is 0 Å². The van der Waals surface area contributed by atoms with Crippen LogP contribution in [-0.4, -0.2) is 31.2 Å². The third-order valence-electron chi connectivity index (χ3n) is 4.97. The first kappa shape index (κ1) is 16.1. The van der Waals surface area contributed by atoms with Crippen LogP contribution in [0.3, 0.4) is 0 Å². The number of carbonyl (C=O) groups excluding carboxylic acids is 1. The SMILES string of the molecule is CN(C)c1cccc(C(=O)NNC(=S)N[C@H]2C[C@@H]3CC[C@@H]2C3)c1. The van der Waals surface area contributed by atoms with E-state index in [1.807, 2.05) is 37.2 Å². The summed E-state index contributed by atoms with van der Waals surface area (Å²) in [5.41, 5.74) is 7.08. The van der Waals surface area contributed by atoms with Crippen LogP contribution < -0.4 is 21.1 Å². The van der Waals surface area contributed by atoms with Crippen LogP contribution in [0.5, 0.6) is 0 Å². The van der Waals surface area contributed by atoms with Gasteiger partial charge in [0.05, 0.1) is 0 Å². The van der Waals surface area contributed by atoms with Crippen LogP contribution in [0.25, 0.3) is 0 Å². The van der Waals surface area contributed by atoms with E-state index in [2.05, 4.69) is 16.2 Å². The van der Waals surface area contributed by atoms with Crippen molar-refractivity contribution < 1.29 is 4.79 Å². The number of anilines is 1. The van der Waals surface area contributed by atoms with Gasteiger partial charge >= 0.3 is 0 Å². The summed E-state index contributed by atoms with van der Waals surface area (Å²) in [5.74, 6) is 1.42. The maximum Gasteiger partial charge on any atom is 0.269 e. The first-order chi connectivity index (χ1) is 11.0. The lowest BCUT2D eigenvalue weighted by Gasteiger charge is -2.24. The number of carbonyl (C=O) groups is 1. The second-order valence-corrected chi connectivity index (χ2v) is 7.19. The Bertz CT molecular complexity index is 604. The van der Waals surface area contributed by atoms with Gasteiger partial charge in [-0.05, 0) is 61.5 Å². The quantitative estimate of drug-likeness (QED) is 0.584. The number of thiocarbonyl (C=S) groups is 1. The van der Waals surface area contributed by atoms with Crippen molar-refractivity contribution in [1.29, 1.82) is 0 Å². The van der Waals surface area contributed by atoms with E-state index in [9.17, 15) is 4.79 Å². The smallest absolute Gasteiger partial charge is 0.269 e. The van der Waals surface area contributed by atoms with Crippen LogP contribution in [0, 0.1) is 11.8 Å². The molecule has 3 N–H and O–H groups in total. The Labute approximate surface area is 142 Å². The van der Waals surface area contributed by atoms with E-state index in [0.717, 1.165) is 17.5 Å². The summed E-state index contributed by atoms with van der Waals surface area (Å²) < 4.78 is 0. The van der Waals surface area contributed by atoms with Crippen molar-refractivity contribution >= 4 is 28.9 Å². The lowest BCUT2D eigenvalue weighted by Crippen LogP contribution is -2.50. The molecule has 0 aliphatic heterocycles. The number of hydrogen-bond donors (Lipinski definition) is 3. The van der Waals surface area contributed by atoms with Gasteiger partial charge in [-0.2, -0.15) is 0 Å². The second kappa shape index (κ2) is 6.74. The molecule has 2 aliphatic rings. The number of fused-ring (bicyclic) bond motifs is 2.